The van der Waals surface area contributed by atoms with Crippen LogP contribution in [-0.2, 0) is 4.79 Å². The van der Waals surface area contributed by atoms with Gasteiger partial charge in [-0.15, -0.1) is 11.3 Å². The average molecular weight is 266 g/mol. The number of nitrogen functional groups attached to an aromatic ring is 1. The number of amides is 1. The van der Waals surface area contributed by atoms with Crippen molar-refractivity contribution in [1.29, 1.82) is 0 Å². The molecule has 0 radical (unpaired) electrons. The number of hydrogen-bond acceptors (Lipinski definition) is 7. The molecule has 0 atom stereocenters. The van der Waals surface area contributed by atoms with Gasteiger partial charge in [-0.2, -0.15) is 4.98 Å². The summed E-state index contributed by atoms with van der Waals surface area (Å²) in [5, 5.41) is 5.41. The van der Waals surface area contributed by atoms with Gasteiger partial charge in [0.1, 0.15) is 10.6 Å². The van der Waals surface area contributed by atoms with Crippen LogP contribution in [0.4, 0.5) is 11.8 Å². The van der Waals surface area contributed by atoms with Crippen LogP contribution in [0.25, 0.3) is 10.2 Å². The quantitative estimate of drug-likeness (QED) is 0.539. The molecule has 2 rings (SSSR count). The van der Waals surface area contributed by atoms with Crippen molar-refractivity contribution >= 4 is 39.2 Å². The zero-order chi connectivity index (χ0) is 13.1. The first-order valence-corrected chi connectivity index (χ1v) is 6.17. The summed E-state index contributed by atoms with van der Waals surface area (Å²) in [5.74, 6) is 6.27. The highest BCUT2D eigenvalue weighted by molar-refractivity contribution is 7.16. The zero-order valence-corrected chi connectivity index (χ0v) is 10.9. The number of nitrogens with zero attached hydrogens (tertiary/aromatic N) is 3. The molecule has 0 fully saturated rings. The second kappa shape index (κ2) is 5.15. The molecule has 0 aliphatic heterocycles. The van der Waals surface area contributed by atoms with Gasteiger partial charge in [0.2, 0.25) is 11.9 Å². The van der Waals surface area contributed by atoms with Gasteiger partial charge >= 0.3 is 0 Å². The van der Waals surface area contributed by atoms with Gasteiger partial charge in [-0.1, -0.05) is 0 Å². The molecule has 0 saturated heterocycles. The molecule has 0 aliphatic carbocycles. The average Bonchev–Trinajstić information content (AvgIpc) is 2.85. The minimum atomic E-state index is -0.0817. The lowest BCUT2D eigenvalue weighted by atomic mass is 10.3. The summed E-state index contributed by atoms with van der Waals surface area (Å²) in [6.07, 6.45) is 0. The van der Waals surface area contributed by atoms with E-state index >= 15 is 0 Å². The van der Waals surface area contributed by atoms with E-state index in [9.17, 15) is 4.79 Å². The molecule has 0 aliphatic rings. The predicted molar refractivity (Wildman–Crippen MR) is 72.6 cm³/mol. The first-order chi connectivity index (χ1) is 8.65. The van der Waals surface area contributed by atoms with Crippen LogP contribution in [0.1, 0.15) is 0 Å². The minimum absolute atomic E-state index is 0.0817. The van der Waals surface area contributed by atoms with Gasteiger partial charge in [-0.25, -0.2) is 10.8 Å². The summed E-state index contributed by atoms with van der Waals surface area (Å²) in [5.41, 5.74) is 2.43. The summed E-state index contributed by atoms with van der Waals surface area (Å²) in [7, 11) is 3.40. The van der Waals surface area contributed by atoms with Gasteiger partial charge in [0.05, 0.1) is 11.9 Å². The van der Waals surface area contributed by atoms with Crippen LogP contribution < -0.4 is 21.5 Å². The molecule has 0 unspecified atom stereocenters. The van der Waals surface area contributed by atoms with Crippen LogP contribution >= 0.6 is 11.3 Å². The van der Waals surface area contributed by atoms with E-state index in [0.29, 0.717) is 11.8 Å². The Morgan fingerprint density at radius 2 is 2.33 bits per heavy atom. The van der Waals surface area contributed by atoms with E-state index in [0.717, 1.165) is 10.2 Å². The van der Waals surface area contributed by atoms with E-state index in [1.54, 1.807) is 19.0 Å². The Balaban J connectivity index is 2.41. The highest BCUT2D eigenvalue weighted by atomic mass is 32.1. The number of fused-ring (bicyclic) bond motifs is 1. The number of rotatable bonds is 4. The number of carbonyl (C=O) groups excluding carboxylic acids is 1. The van der Waals surface area contributed by atoms with Crippen LogP contribution in [0.3, 0.4) is 0 Å². The molecule has 0 spiro atoms. The van der Waals surface area contributed by atoms with Crippen LogP contribution in [0.2, 0.25) is 0 Å². The topological polar surface area (TPSA) is 96.2 Å². The largest absolute Gasteiger partial charge is 0.358 e. The van der Waals surface area contributed by atoms with Gasteiger partial charge in [0.15, 0.2) is 0 Å². The van der Waals surface area contributed by atoms with Crippen LogP contribution in [0, 0.1) is 0 Å². The van der Waals surface area contributed by atoms with Gasteiger partial charge < -0.3 is 10.2 Å². The fourth-order valence-electron chi connectivity index (χ4n) is 1.56. The van der Waals surface area contributed by atoms with Crippen molar-refractivity contribution in [2.45, 2.75) is 0 Å². The molecule has 0 bridgehead atoms. The SMILES string of the molecule is CNC(=O)CN(C)c1nc(NN)nc2sccc12. The molecule has 7 nitrogen and oxygen atoms in total. The molecule has 2 aromatic rings. The van der Waals surface area contributed by atoms with Crippen molar-refractivity contribution in [3.8, 4) is 0 Å². The Morgan fingerprint density at radius 1 is 1.56 bits per heavy atom. The van der Waals surface area contributed by atoms with Gasteiger partial charge in [0.25, 0.3) is 0 Å². The van der Waals surface area contributed by atoms with Crippen molar-refractivity contribution < 1.29 is 4.79 Å². The number of nitrogens with two attached hydrogens (primary N) is 1. The van der Waals surface area contributed by atoms with Crippen LogP contribution in [-0.4, -0.2) is 36.5 Å². The Hall–Kier alpha value is -1.93. The molecule has 4 N–H and O–H groups in total. The van der Waals surface area contributed by atoms with E-state index in [-0.39, 0.29) is 12.5 Å². The fourth-order valence-corrected chi connectivity index (χ4v) is 2.32. The number of hydrazine groups is 1. The minimum Gasteiger partial charge on any atom is -0.358 e. The van der Waals surface area contributed by atoms with Crippen LogP contribution in [0.5, 0.6) is 0 Å². The maximum Gasteiger partial charge on any atom is 0.240 e. The predicted octanol–water partition coefficient (Wildman–Crippen LogP) is 0.159. The lowest BCUT2D eigenvalue weighted by Crippen LogP contribution is -2.33. The molecule has 1 amide bonds. The van der Waals surface area contributed by atoms with Gasteiger partial charge in [-0.3, -0.25) is 10.2 Å². The highest BCUT2D eigenvalue weighted by Crippen LogP contribution is 2.28. The molecule has 0 aromatic carbocycles. The summed E-state index contributed by atoms with van der Waals surface area (Å²) in [6, 6.07) is 1.93. The number of aromatic nitrogens is 2. The number of anilines is 2. The monoisotopic (exact) mass is 266 g/mol. The Labute approximate surface area is 108 Å². The standard InChI is InChI=1S/C10H14N6OS/c1-12-7(17)5-16(2)8-6-3-4-18-9(6)14-10(13-8)15-11/h3-4H,5,11H2,1-2H3,(H,12,17)(H,13,14,15). The second-order valence-electron chi connectivity index (χ2n) is 3.68. The molecule has 18 heavy (non-hydrogen) atoms. The molecule has 96 valence electrons. The van der Waals surface area contributed by atoms with Gasteiger partial charge in [0, 0.05) is 14.1 Å². The van der Waals surface area contributed by atoms with E-state index < -0.39 is 0 Å². The lowest BCUT2D eigenvalue weighted by Gasteiger charge is -2.18. The summed E-state index contributed by atoms with van der Waals surface area (Å²) >= 11 is 1.50. The Morgan fingerprint density at radius 3 is 3.00 bits per heavy atom. The Bertz CT molecular complexity index is 568. The number of thiophene rings is 1. The molecule has 8 heteroatoms. The third-order valence-electron chi connectivity index (χ3n) is 2.46. The van der Waals surface area contributed by atoms with Crippen molar-refractivity contribution in [3.63, 3.8) is 0 Å². The third kappa shape index (κ3) is 2.34. The number of nitrogens with one attached hydrogen (secondary N) is 2. The maximum absolute atomic E-state index is 11.4. The molecular weight excluding hydrogens is 252 g/mol. The van der Waals surface area contributed by atoms with Crippen molar-refractivity contribution in [3.05, 3.63) is 11.4 Å². The second-order valence-corrected chi connectivity index (χ2v) is 4.58. The van der Waals surface area contributed by atoms with Crippen molar-refractivity contribution in [2.24, 2.45) is 5.84 Å². The third-order valence-corrected chi connectivity index (χ3v) is 3.26. The summed E-state index contributed by atoms with van der Waals surface area (Å²) in [6.45, 7) is 0.225. The number of carbonyl (C=O) groups is 1. The van der Waals surface area contributed by atoms with Crippen LogP contribution in [0.15, 0.2) is 11.4 Å². The molecule has 2 heterocycles. The van der Waals surface area contributed by atoms with E-state index in [1.807, 2.05) is 11.4 Å². The normalized spacial score (nSPS) is 10.4. The first-order valence-electron chi connectivity index (χ1n) is 5.29. The highest BCUT2D eigenvalue weighted by Gasteiger charge is 2.14. The number of hydrogen-bond donors (Lipinski definition) is 3. The van der Waals surface area contributed by atoms with Crippen molar-refractivity contribution in [2.75, 3.05) is 31.0 Å². The fraction of sp³-hybridized carbons (Fsp3) is 0.300. The summed E-state index contributed by atoms with van der Waals surface area (Å²) < 4.78 is 0. The lowest BCUT2D eigenvalue weighted by molar-refractivity contribution is -0.119. The van der Waals surface area contributed by atoms with E-state index in [2.05, 4.69) is 20.7 Å². The smallest absolute Gasteiger partial charge is 0.240 e. The van der Waals surface area contributed by atoms with E-state index in [4.69, 9.17) is 5.84 Å². The maximum atomic E-state index is 11.4. The molecule has 0 saturated carbocycles. The van der Waals surface area contributed by atoms with Crippen molar-refractivity contribution in [1.82, 2.24) is 15.3 Å². The zero-order valence-electron chi connectivity index (χ0n) is 10.1. The molecular formula is C10H14N6OS. The summed E-state index contributed by atoms with van der Waals surface area (Å²) in [4.78, 5) is 22.5. The van der Waals surface area contributed by atoms with Gasteiger partial charge in [-0.05, 0) is 11.4 Å². The first kappa shape index (κ1) is 12.5. The Kier molecular flexibility index (Phi) is 3.58. The number of likely N-dealkylation sites (N-methyl/N-ethyl adjacent to an activating group) is 2. The molecule has 2 aromatic heterocycles. The van der Waals surface area contributed by atoms with E-state index in [1.165, 1.54) is 11.3 Å².